The van der Waals surface area contributed by atoms with Gasteiger partial charge in [-0.3, -0.25) is 4.98 Å². The van der Waals surface area contributed by atoms with E-state index in [0.717, 1.165) is 0 Å². The monoisotopic (exact) mass is 299 g/mol. The fourth-order valence-electron chi connectivity index (χ4n) is 3.36. The van der Waals surface area contributed by atoms with Crippen LogP contribution in [0.15, 0.2) is 61.1 Å². The van der Waals surface area contributed by atoms with E-state index >= 15 is 0 Å². The van der Waals surface area contributed by atoms with Gasteiger partial charge >= 0.3 is 0 Å². The Morgan fingerprint density at radius 3 is 2.52 bits per heavy atom. The van der Waals surface area contributed by atoms with Crippen LogP contribution in [0.2, 0.25) is 0 Å². The second-order valence-corrected chi connectivity index (χ2v) is 6.25. The number of fused-ring (bicyclic) bond motifs is 3. The third-order valence-corrected chi connectivity index (χ3v) is 4.54. The molecule has 0 saturated heterocycles. The van der Waals surface area contributed by atoms with Gasteiger partial charge in [-0.25, -0.2) is 4.57 Å². The second kappa shape index (κ2) is 5.17. The molecule has 0 fully saturated rings. The van der Waals surface area contributed by atoms with Gasteiger partial charge < -0.3 is 0 Å². The summed E-state index contributed by atoms with van der Waals surface area (Å²) in [6, 6.07) is 15.4. The minimum Gasteiger partial charge on any atom is -0.264 e. The smallest absolute Gasteiger partial charge is 0.212 e. The molecule has 0 radical (unpaired) electrons. The lowest BCUT2D eigenvalue weighted by Gasteiger charge is -2.09. The van der Waals surface area contributed by atoms with E-state index in [1.165, 1.54) is 43.9 Å². The average molecular weight is 299 g/mol. The molecule has 0 aliphatic carbocycles. The molecule has 0 aliphatic heterocycles. The first kappa shape index (κ1) is 13.9. The number of hydrogen-bond acceptors (Lipinski definition) is 1. The summed E-state index contributed by atoms with van der Waals surface area (Å²) in [7, 11) is 2.11. The normalized spacial score (nSPS) is 11.3. The summed E-state index contributed by atoms with van der Waals surface area (Å²) in [5, 5.41) is 4.97. The molecule has 0 bridgehead atoms. The zero-order valence-electron chi connectivity index (χ0n) is 13.7. The predicted octanol–water partition coefficient (Wildman–Crippen LogP) is 4.50. The van der Waals surface area contributed by atoms with Crippen molar-refractivity contribution >= 4 is 21.5 Å². The van der Waals surface area contributed by atoms with Gasteiger partial charge in [0.1, 0.15) is 7.05 Å². The Kier molecular flexibility index (Phi) is 3.12. The summed E-state index contributed by atoms with van der Waals surface area (Å²) in [4.78, 5) is 4.31. The fraction of sp³-hybridized carbons (Fsp3) is 0.143. The fourth-order valence-corrected chi connectivity index (χ4v) is 3.36. The summed E-state index contributed by atoms with van der Waals surface area (Å²) < 4.78 is 2.20. The number of hydrogen-bond donors (Lipinski definition) is 0. The van der Waals surface area contributed by atoms with E-state index in [0.29, 0.717) is 0 Å². The van der Waals surface area contributed by atoms with Crippen LogP contribution in [0, 0.1) is 13.8 Å². The molecule has 23 heavy (non-hydrogen) atoms. The molecule has 2 nitrogen and oxygen atoms in total. The number of aromatic nitrogens is 2. The summed E-state index contributed by atoms with van der Waals surface area (Å²) in [6.45, 7) is 4.30. The van der Waals surface area contributed by atoms with Crippen molar-refractivity contribution in [1.82, 2.24) is 4.98 Å². The van der Waals surface area contributed by atoms with Gasteiger partial charge in [-0.05, 0) is 53.8 Å². The van der Waals surface area contributed by atoms with Gasteiger partial charge in [0.15, 0.2) is 6.20 Å². The van der Waals surface area contributed by atoms with Gasteiger partial charge in [0, 0.05) is 35.0 Å². The highest BCUT2D eigenvalue weighted by Gasteiger charge is 2.14. The number of rotatable bonds is 1. The van der Waals surface area contributed by atoms with E-state index in [9.17, 15) is 0 Å². The molecule has 0 spiro atoms. The molecule has 2 heterocycles. The van der Waals surface area contributed by atoms with Crippen LogP contribution in [-0.2, 0) is 7.05 Å². The zero-order chi connectivity index (χ0) is 16.0. The first-order valence-electron chi connectivity index (χ1n) is 7.87. The molecular weight excluding hydrogens is 280 g/mol. The van der Waals surface area contributed by atoms with Crippen LogP contribution in [0.25, 0.3) is 32.8 Å². The third kappa shape index (κ3) is 2.27. The summed E-state index contributed by atoms with van der Waals surface area (Å²) in [5.74, 6) is 0. The van der Waals surface area contributed by atoms with Crippen molar-refractivity contribution < 1.29 is 4.57 Å². The first-order chi connectivity index (χ1) is 11.1. The van der Waals surface area contributed by atoms with Crippen molar-refractivity contribution in [2.24, 2.45) is 7.05 Å². The number of benzene rings is 2. The lowest BCUT2D eigenvalue weighted by atomic mass is 9.96. The van der Waals surface area contributed by atoms with Crippen LogP contribution in [0.3, 0.4) is 0 Å². The van der Waals surface area contributed by atoms with Crippen LogP contribution >= 0.6 is 0 Å². The Morgan fingerprint density at radius 2 is 1.70 bits per heavy atom. The molecule has 0 N–H and O–H groups in total. The molecular formula is C21H19N2+. The van der Waals surface area contributed by atoms with Crippen LogP contribution in [0.1, 0.15) is 11.1 Å². The number of aryl methyl sites for hydroxylation is 3. The molecule has 2 aromatic carbocycles. The summed E-state index contributed by atoms with van der Waals surface area (Å²) in [5.41, 5.74) is 5.07. The molecule has 4 aromatic rings. The lowest BCUT2D eigenvalue weighted by molar-refractivity contribution is -0.660. The van der Waals surface area contributed by atoms with Gasteiger partial charge in [0.25, 0.3) is 0 Å². The molecule has 0 aliphatic rings. The van der Waals surface area contributed by atoms with Crippen molar-refractivity contribution in [3.8, 4) is 11.3 Å². The van der Waals surface area contributed by atoms with Crippen LogP contribution < -0.4 is 4.57 Å². The molecule has 2 heteroatoms. The minimum absolute atomic E-state index is 1.21. The minimum atomic E-state index is 1.21. The molecule has 0 saturated carbocycles. The highest BCUT2D eigenvalue weighted by atomic mass is 14.9. The van der Waals surface area contributed by atoms with Crippen molar-refractivity contribution in [3.05, 3.63) is 72.2 Å². The van der Waals surface area contributed by atoms with Crippen molar-refractivity contribution in [2.75, 3.05) is 0 Å². The van der Waals surface area contributed by atoms with Crippen LogP contribution in [0.5, 0.6) is 0 Å². The van der Waals surface area contributed by atoms with E-state index in [1.807, 2.05) is 12.4 Å². The van der Waals surface area contributed by atoms with Crippen LogP contribution in [-0.4, -0.2) is 4.98 Å². The van der Waals surface area contributed by atoms with Crippen molar-refractivity contribution in [1.29, 1.82) is 0 Å². The maximum Gasteiger partial charge on any atom is 0.212 e. The SMILES string of the molecule is Cc1ccc(-c2cc3c(ccc4ccncc43)cc2C)[n+](C)c1. The Hall–Kier alpha value is -2.74. The molecule has 0 atom stereocenters. The predicted molar refractivity (Wildman–Crippen MR) is 95.3 cm³/mol. The molecule has 2 aromatic heterocycles. The molecule has 0 unspecified atom stereocenters. The highest BCUT2D eigenvalue weighted by molar-refractivity contribution is 6.08. The van der Waals surface area contributed by atoms with Crippen molar-refractivity contribution in [3.63, 3.8) is 0 Å². The summed E-state index contributed by atoms with van der Waals surface area (Å²) >= 11 is 0. The molecule has 0 amide bonds. The summed E-state index contributed by atoms with van der Waals surface area (Å²) in [6.07, 6.45) is 5.98. The Morgan fingerprint density at radius 1 is 0.870 bits per heavy atom. The van der Waals surface area contributed by atoms with Gasteiger partial charge in [0.2, 0.25) is 5.69 Å². The molecule has 4 rings (SSSR count). The van der Waals surface area contributed by atoms with E-state index in [-0.39, 0.29) is 0 Å². The van der Waals surface area contributed by atoms with Gasteiger partial charge in [-0.2, -0.15) is 0 Å². The third-order valence-electron chi connectivity index (χ3n) is 4.54. The Labute approximate surface area is 136 Å². The maximum atomic E-state index is 4.31. The highest BCUT2D eigenvalue weighted by Crippen LogP contribution is 2.31. The Balaban J connectivity index is 2.07. The quantitative estimate of drug-likeness (QED) is 0.373. The van der Waals surface area contributed by atoms with Crippen LogP contribution in [0.4, 0.5) is 0 Å². The maximum absolute atomic E-state index is 4.31. The topological polar surface area (TPSA) is 16.8 Å². The van der Waals surface area contributed by atoms with E-state index < -0.39 is 0 Å². The number of nitrogens with zero attached hydrogens (tertiary/aromatic N) is 2. The van der Waals surface area contributed by atoms with E-state index in [1.54, 1.807) is 0 Å². The van der Waals surface area contributed by atoms with Crippen molar-refractivity contribution in [2.45, 2.75) is 13.8 Å². The van der Waals surface area contributed by atoms with Gasteiger partial charge in [-0.1, -0.05) is 18.2 Å². The van der Waals surface area contributed by atoms with Gasteiger partial charge in [0.05, 0.1) is 0 Å². The lowest BCUT2D eigenvalue weighted by Crippen LogP contribution is -2.31. The average Bonchev–Trinajstić information content (AvgIpc) is 2.54. The second-order valence-electron chi connectivity index (χ2n) is 6.25. The largest absolute Gasteiger partial charge is 0.264 e. The Bertz CT molecular complexity index is 1050. The molecule has 112 valence electrons. The first-order valence-corrected chi connectivity index (χ1v) is 7.87. The zero-order valence-corrected chi connectivity index (χ0v) is 13.7. The van der Waals surface area contributed by atoms with Gasteiger partial charge in [-0.15, -0.1) is 0 Å². The van der Waals surface area contributed by atoms with E-state index in [2.05, 4.69) is 79.1 Å². The standard InChI is InChI=1S/C21H19N2/c1-14-4-7-21(23(3)13-14)18-11-19-17(10-15(18)2)6-5-16-8-9-22-12-20(16)19/h4-13H,1-3H3/q+1. The van der Waals surface area contributed by atoms with E-state index in [4.69, 9.17) is 0 Å². The number of pyridine rings is 2.